The van der Waals surface area contributed by atoms with Crippen LogP contribution in [0.4, 0.5) is 0 Å². The van der Waals surface area contributed by atoms with Gasteiger partial charge in [0.15, 0.2) is 0 Å². The van der Waals surface area contributed by atoms with E-state index in [1.165, 1.54) is 0 Å². The van der Waals surface area contributed by atoms with Gasteiger partial charge in [-0.2, -0.15) is 0 Å². The number of hydrogen-bond donors (Lipinski definition) is 2. The highest BCUT2D eigenvalue weighted by Crippen LogP contribution is 2.17. The molecule has 0 aliphatic rings. The molecule has 0 fully saturated rings. The fourth-order valence-corrected chi connectivity index (χ4v) is 2.01. The summed E-state index contributed by atoms with van der Waals surface area (Å²) in [6, 6.07) is 6.38. The Morgan fingerprint density at radius 2 is 1.68 bits per heavy atom. The number of carbonyl (C=O) groups excluding carboxylic acids is 2. The lowest BCUT2D eigenvalue weighted by molar-refractivity contribution is 0.0896. The molecular formula is C15H22N2O2. The second kappa shape index (κ2) is 6.36. The van der Waals surface area contributed by atoms with Crippen LogP contribution >= 0.6 is 0 Å². The molecule has 0 aliphatic carbocycles. The van der Waals surface area contributed by atoms with Crippen LogP contribution in [0.25, 0.3) is 0 Å². The second-order valence-electron chi connectivity index (χ2n) is 5.06. The maximum atomic E-state index is 12.1. The molecule has 0 heterocycles. The van der Waals surface area contributed by atoms with Crippen LogP contribution in [0.2, 0.25) is 0 Å². The number of hydrogen-bond acceptors (Lipinski definition) is 2. The zero-order valence-corrected chi connectivity index (χ0v) is 11.8. The molecule has 0 saturated heterocycles. The van der Waals surface area contributed by atoms with E-state index in [1.54, 1.807) is 24.3 Å². The van der Waals surface area contributed by atoms with Crippen molar-refractivity contribution in [2.45, 2.75) is 45.6 Å². The van der Waals surface area contributed by atoms with Gasteiger partial charge in [0.2, 0.25) is 5.91 Å². The Hall–Kier alpha value is -1.84. The third-order valence-electron chi connectivity index (χ3n) is 3.43. The van der Waals surface area contributed by atoms with E-state index in [-0.39, 0.29) is 11.4 Å². The van der Waals surface area contributed by atoms with Gasteiger partial charge in [-0.3, -0.25) is 9.59 Å². The van der Waals surface area contributed by atoms with Crippen LogP contribution in [-0.4, -0.2) is 17.4 Å². The van der Waals surface area contributed by atoms with Gasteiger partial charge in [-0.15, -0.1) is 0 Å². The van der Waals surface area contributed by atoms with Crippen molar-refractivity contribution in [3.63, 3.8) is 0 Å². The Morgan fingerprint density at radius 1 is 1.16 bits per heavy atom. The molecule has 1 aromatic carbocycles. The summed E-state index contributed by atoms with van der Waals surface area (Å²) in [6.07, 6.45) is 2.84. The first kappa shape index (κ1) is 15.2. The lowest BCUT2D eigenvalue weighted by Gasteiger charge is -2.29. The van der Waals surface area contributed by atoms with Crippen LogP contribution in [0.3, 0.4) is 0 Å². The number of amides is 2. The first-order chi connectivity index (χ1) is 8.91. The molecule has 3 N–H and O–H groups in total. The average molecular weight is 262 g/mol. The molecule has 1 atom stereocenters. The van der Waals surface area contributed by atoms with E-state index in [1.807, 2.05) is 6.92 Å². The SMILES string of the molecule is CCCC(C)(CC)NC(=O)c1ccc(C(N)=O)cc1. The monoisotopic (exact) mass is 262 g/mol. The predicted octanol–water partition coefficient (Wildman–Crippen LogP) is 2.48. The minimum atomic E-state index is -0.490. The Morgan fingerprint density at radius 3 is 2.11 bits per heavy atom. The van der Waals surface area contributed by atoms with Crippen LogP contribution in [0, 0.1) is 0 Å². The van der Waals surface area contributed by atoms with Crippen molar-refractivity contribution in [1.82, 2.24) is 5.32 Å². The first-order valence-electron chi connectivity index (χ1n) is 6.64. The van der Waals surface area contributed by atoms with E-state index in [9.17, 15) is 9.59 Å². The summed E-state index contributed by atoms with van der Waals surface area (Å²) in [5, 5.41) is 3.05. The number of carbonyl (C=O) groups is 2. The summed E-state index contributed by atoms with van der Waals surface area (Å²) >= 11 is 0. The maximum absolute atomic E-state index is 12.1. The van der Waals surface area contributed by atoms with Gasteiger partial charge in [-0.1, -0.05) is 20.3 Å². The van der Waals surface area contributed by atoms with Gasteiger partial charge in [0.1, 0.15) is 0 Å². The van der Waals surface area contributed by atoms with Crippen molar-refractivity contribution < 1.29 is 9.59 Å². The summed E-state index contributed by atoms with van der Waals surface area (Å²) in [7, 11) is 0. The Kier molecular flexibility index (Phi) is 5.10. The van der Waals surface area contributed by atoms with Gasteiger partial charge in [-0.25, -0.2) is 0 Å². The third kappa shape index (κ3) is 4.09. The molecule has 0 radical (unpaired) electrons. The number of rotatable bonds is 6. The summed E-state index contributed by atoms with van der Waals surface area (Å²) in [5.41, 5.74) is 5.93. The average Bonchev–Trinajstić information content (AvgIpc) is 2.39. The Balaban J connectivity index is 2.80. The molecule has 0 spiro atoms. The first-order valence-corrected chi connectivity index (χ1v) is 6.64. The molecule has 0 aromatic heterocycles. The third-order valence-corrected chi connectivity index (χ3v) is 3.43. The molecule has 19 heavy (non-hydrogen) atoms. The predicted molar refractivity (Wildman–Crippen MR) is 76.0 cm³/mol. The minimum absolute atomic E-state index is 0.117. The second-order valence-corrected chi connectivity index (χ2v) is 5.06. The summed E-state index contributed by atoms with van der Waals surface area (Å²) in [4.78, 5) is 23.1. The van der Waals surface area contributed by atoms with Gasteiger partial charge in [-0.05, 0) is 44.0 Å². The Labute approximate surface area is 114 Å². The van der Waals surface area contributed by atoms with Crippen LogP contribution in [0.5, 0.6) is 0 Å². The van der Waals surface area contributed by atoms with Gasteiger partial charge in [0.05, 0.1) is 0 Å². The van der Waals surface area contributed by atoms with Crippen molar-refractivity contribution in [3.8, 4) is 0 Å². The van der Waals surface area contributed by atoms with Crippen molar-refractivity contribution >= 4 is 11.8 Å². The maximum Gasteiger partial charge on any atom is 0.251 e. The highest BCUT2D eigenvalue weighted by Gasteiger charge is 2.23. The summed E-state index contributed by atoms with van der Waals surface area (Å²) in [5.74, 6) is -0.606. The van der Waals surface area contributed by atoms with Gasteiger partial charge in [0.25, 0.3) is 5.91 Å². The van der Waals surface area contributed by atoms with Crippen LogP contribution < -0.4 is 11.1 Å². The molecule has 104 valence electrons. The van der Waals surface area contributed by atoms with E-state index in [0.717, 1.165) is 19.3 Å². The molecule has 1 aromatic rings. The number of benzene rings is 1. The molecule has 4 heteroatoms. The molecule has 0 aliphatic heterocycles. The Bertz CT molecular complexity index is 454. The molecule has 0 bridgehead atoms. The van der Waals surface area contributed by atoms with E-state index >= 15 is 0 Å². The largest absolute Gasteiger partial charge is 0.366 e. The highest BCUT2D eigenvalue weighted by molar-refractivity contribution is 5.97. The number of nitrogens with one attached hydrogen (secondary N) is 1. The summed E-state index contributed by atoms with van der Waals surface area (Å²) < 4.78 is 0. The van der Waals surface area contributed by atoms with E-state index < -0.39 is 5.91 Å². The van der Waals surface area contributed by atoms with E-state index in [4.69, 9.17) is 5.73 Å². The minimum Gasteiger partial charge on any atom is -0.366 e. The summed E-state index contributed by atoms with van der Waals surface area (Å²) in [6.45, 7) is 6.21. The molecule has 2 amide bonds. The number of nitrogens with two attached hydrogens (primary N) is 1. The van der Waals surface area contributed by atoms with Gasteiger partial charge >= 0.3 is 0 Å². The quantitative estimate of drug-likeness (QED) is 0.826. The fourth-order valence-electron chi connectivity index (χ4n) is 2.01. The molecular weight excluding hydrogens is 240 g/mol. The molecule has 1 rings (SSSR count). The van der Waals surface area contributed by atoms with Gasteiger partial charge < -0.3 is 11.1 Å². The topological polar surface area (TPSA) is 72.2 Å². The zero-order chi connectivity index (χ0) is 14.5. The number of primary amides is 1. The van der Waals surface area contributed by atoms with Gasteiger partial charge in [0, 0.05) is 16.7 Å². The lowest BCUT2D eigenvalue weighted by Crippen LogP contribution is -2.45. The van der Waals surface area contributed by atoms with E-state index in [2.05, 4.69) is 19.2 Å². The van der Waals surface area contributed by atoms with Crippen molar-refractivity contribution in [3.05, 3.63) is 35.4 Å². The zero-order valence-electron chi connectivity index (χ0n) is 11.8. The van der Waals surface area contributed by atoms with Crippen molar-refractivity contribution in [2.24, 2.45) is 5.73 Å². The van der Waals surface area contributed by atoms with Crippen LogP contribution in [0.15, 0.2) is 24.3 Å². The molecule has 4 nitrogen and oxygen atoms in total. The molecule has 0 saturated carbocycles. The smallest absolute Gasteiger partial charge is 0.251 e. The fraction of sp³-hybridized carbons (Fsp3) is 0.467. The molecule has 1 unspecified atom stereocenters. The van der Waals surface area contributed by atoms with E-state index in [0.29, 0.717) is 11.1 Å². The standard InChI is InChI=1S/C15H22N2O2/c1-4-10-15(3,5-2)17-14(19)12-8-6-11(7-9-12)13(16)18/h6-9H,4-5,10H2,1-3H3,(H2,16,18)(H,17,19). The highest BCUT2D eigenvalue weighted by atomic mass is 16.2. The van der Waals surface area contributed by atoms with Crippen molar-refractivity contribution in [2.75, 3.05) is 0 Å². The lowest BCUT2D eigenvalue weighted by atomic mass is 9.92. The normalized spacial score (nSPS) is 13.6. The van der Waals surface area contributed by atoms with Crippen LogP contribution in [-0.2, 0) is 0 Å². The van der Waals surface area contributed by atoms with Crippen molar-refractivity contribution in [1.29, 1.82) is 0 Å². The van der Waals surface area contributed by atoms with Crippen LogP contribution in [0.1, 0.15) is 60.7 Å².